The first-order valence-electron chi connectivity index (χ1n) is 6.14. The molecule has 1 atom stereocenters. The Bertz CT molecular complexity index is 594. The first-order valence-corrected chi connectivity index (χ1v) is 6.14. The Morgan fingerprint density at radius 2 is 1.79 bits per heavy atom. The molecule has 0 unspecified atom stereocenters. The predicted octanol–water partition coefficient (Wildman–Crippen LogP) is 3.21. The molecule has 4 nitrogen and oxygen atoms in total. The lowest BCUT2D eigenvalue weighted by atomic mass is 10.0. The van der Waals surface area contributed by atoms with Gasteiger partial charge in [0.1, 0.15) is 0 Å². The first-order chi connectivity index (χ1) is 9.06. The van der Waals surface area contributed by atoms with Crippen LogP contribution in [0, 0.1) is 10.1 Å². The summed E-state index contributed by atoms with van der Waals surface area (Å²) in [5.74, 6) is 0. The van der Waals surface area contributed by atoms with E-state index in [9.17, 15) is 10.1 Å². The Morgan fingerprint density at radius 1 is 1.16 bits per heavy atom. The highest BCUT2D eigenvalue weighted by Crippen LogP contribution is 2.18. The number of nitrogens with two attached hydrogens (primary N) is 1. The Hall–Kier alpha value is -2.20. The Labute approximate surface area is 112 Å². The second-order valence-electron chi connectivity index (χ2n) is 4.64. The van der Waals surface area contributed by atoms with Gasteiger partial charge in [-0.05, 0) is 30.0 Å². The summed E-state index contributed by atoms with van der Waals surface area (Å²) < 4.78 is 0. The third-order valence-electron chi connectivity index (χ3n) is 3.01. The molecule has 0 heterocycles. The highest BCUT2D eigenvalue weighted by Gasteiger charge is 2.07. The van der Waals surface area contributed by atoms with Gasteiger partial charge in [0.15, 0.2) is 0 Å². The van der Waals surface area contributed by atoms with E-state index in [2.05, 4.69) is 0 Å². The van der Waals surface area contributed by atoms with Crippen molar-refractivity contribution in [1.29, 1.82) is 0 Å². The largest absolute Gasteiger partial charge is 0.324 e. The average molecular weight is 256 g/mol. The minimum Gasteiger partial charge on any atom is -0.324 e. The van der Waals surface area contributed by atoms with Crippen LogP contribution in [0.15, 0.2) is 48.5 Å². The van der Waals surface area contributed by atoms with Crippen molar-refractivity contribution >= 4 is 5.69 Å². The molecular weight excluding hydrogens is 240 g/mol. The number of hydrogen-bond acceptors (Lipinski definition) is 3. The lowest BCUT2D eigenvalue weighted by molar-refractivity contribution is -0.384. The van der Waals surface area contributed by atoms with E-state index in [1.165, 1.54) is 6.07 Å². The molecule has 0 aliphatic rings. The second kappa shape index (κ2) is 5.63. The number of nitro benzene ring substituents is 1. The fraction of sp³-hybridized carbons (Fsp3) is 0.200. The van der Waals surface area contributed by atoms with Crippen molar-refractivity contribution in [1.82, 2.24) is 0 Å². The van der Waals surface area contributed by atoms with E-state index in [4.69, 9.17) is 5.73 Å². The van der Waals surface area contributed by atoms with Gasteiger partial charge in [-0.1, -0.05) is 36.4 Å². The molecule has 4 heteroatoms. The molecule has 2 aromatic rings. The molecule has 2 aromatic carbocycles. The highest BCUT2D eigenvalue weighted by molar-refractivity contribution is 5.37. The van der Waals surface area contributed by atoms with Crippen LogP contribution >= 0.6 is 0 Å². The van der Waals surface area contributed by atoms with E-state index in [1.54, 1.807) is 12.1 Å². The number of nitro groups is 1. The van der Waals surface area contributed by atoms with E-state index >= 15 is 0 Å². The Balaban J connectivity index is 2.23. The van der Waals surface area contributed by atoms with Gasteiger partial charge in [0, 0.05) is 18.2 Å². The first kappa shape index (κ1) is 13.2. The van der Waals surface area contributed by atoms with Crippen LogP contribution < -0.4 is 5.73 Å². The SMILES string of the molecule is C[C@@H](N)c1cccc(Cc2cccc([N+](=O)[O-])c2)c1. The van der Waals surface area contributed by atoms with Crippen LogP contribution in [-0.4, -0.2) is 4.92 Å². The summed E-state index contributed by atoms with van der Waals surface area (Å²) in [6, 6.07) is 14.7. The topological polar surface area (TPSA) is 69.2 Å². The minimum atomic E-state index is -0.373. The minimum absolute atomic E-state index is 0.00920. The van der Waals surface area contributed by atoms with E-state index in [1.807, 2.05) is 37.3 Å². The third-order valence-corrected chi connectivity index (χ3v) is 3.01. The number of rotatable bonds is 4. The second-order valence-corrected chi connectivity index (χ2v) is 4.64. The summed E-state index contributed by atoms with van der Waals surface area (Å²) in [5.41, 5.74) is 9.08. The van der Waals surface area contributed by atoms with Gasteiger partial charge in [0.2, 0.25) is 0 Å². The molecule has 0 radical (unpaired) electrons. The normalized spacial score (nSPS) is 12.1. The van der Waals surface area contributed by atoms with Gasteiger partial charge in [-0.3, -0.25) is 10.1 Å². The van der Waals surface area contributed by atoms with Crippen LogP contribution in [0.2, 0.25) is 0 Å². The molecular formula is C15H16N2O2. The van der Waals surface area contributed by atoms with Crippen molar-refractivity contribution in [3.05, 3.63) is 75.3 Å². The molecule has 0 aliphatic carbocycles. The standard InChI is InChI=1S/C15H16N2O2/c1-11(16)14-6-2-4-12(9-14)8-13-5-3-7-15(10-13)17(18)19/h2-7,9-11H,8,16H2,1H3/t11-/m1/s1. The van der Waals surface area contributed by atoms with E-state index in [0.717, 1.165) is 16.7 Å². The maximum absolute atomic E-state index is 10.7. The van der Waals surface area contributed by atoms with Crippen LogP contribution in [0.3, 0.4) is 0 Å². The molecule has 0 aliphatic heterocycles. The molecule has 19 heavy (non-hydrogen) atoms. The molecule has 0 bridgehead atoms. The molecule has 0 fully saturated rings. The van der Waals surface area contributed by atoms with E-state index < -0.39 is 0 Å². The van der Waals surface area contributed by atoms with Gasteiger partial charge in [-0.25, -0.2) is 0 Å². The van der Waals surface area contributed by atoms with Gasteiger partial charge in [-0.2, -0.15) is 0 Å². The van der Waals surface area contributed by atoms with Crippen LogP contribution in [-0.2, 0) is 6.42 Å². The van der Waals surface area contributed by atoms with Gasteiger partial charge in [0.25, 0.3) is 5.69 Å². The Kier molecular flexibility index (Phi) is 3.92. The number of benzene rings is 2. The maximum atomic E-state index is 10.7. The Morgan fingerprint density at radius 3 is 2.42 bits per heavy atom. The zero-order valence-electron chi connectivity index (χ0n) is 10.7. The maximum Gasteiger partial charge on any atom is 0.269 e. The van der Waals surface area contributed by atoms with Crippen molar-refractivity contribution in [2.24, 2.45) is 5.73 Å². The monoisotopic (exact) mass is 256 g/mol. The van der Waals surface area contributed by atoms with Crippen molar-refractivity contribution in [2.75, 3.05) is 0 Å². The molecule has 2 N–H and O–H groups in total. The fourth-order valence-corrected chi connectivity index (χ4v) is 2.00. The summed E-state index contributed by atoms with van der Waals surface area (Å²) in [6.45, 7) is 1.94. The lowest BCUT2D eigenvalue weighted by Crippen LogP contribution is -2.05. The molecule has 0 spiro atoms. The van der Waals surface area contributed by atoms with Crippen LogP contribution in [0.25, 0.3) is 0 Å². The lowest BCUT2D eigenvalue weighted by Gasteiger charge is -2.08. The van der Waals surface area contributed by atoms with Crippen LogP contribution in [0.5, 0.6) is 0 Å². The van der Waals surface area contributed by atoms with Crippen molar-refractivity contribution in [3.8, 4) is 0 Å². The summed E-state index contributed by atoms with van der Waals surface area (Å²) in [4.78, 5) is 10.4. The average Bonchev–Trinajstić information content (AvgIpc) is 2.39. The molecule has 0 saturated carbocycles. The van der Waals surface area contributed by atoms with Gasteiger partial charge >= 0.3 is 0 Å². The molecule has 0 aromatic heterocycles. The molecule has 0 saturated heterocycles. The fourth-order valence-electron chi connectivity index (χ4n) is 2.00. The zero-order valence-corrected chi connectivity index (χ0v) is 10.7. The summed E-state index contributed by atoms with van der Waals surface area (Å²) in [7, 11) is 0. The van der Waals surface area contributed by atoms with Gasteiger partial charge in [-0.15, -0.1) is 0 Å². The summed E-state index contributed by atoms with van der Waals surface area (Å²) in [5, 5.41) is 10.7. The van der Waals surface area contributed by atoms with Gasteiger partial charge < -0.3 is 5.73 Å². The smallest absolute Gasteiger partial charge is 0.269 e. The molecule has 2 rings (SSSR count). The van der Waals surface area contributed by atoms with Crippen molar-refractivity contribution < 1.29 is 4.92 Å². The van der Waals surface area contributed by atoms with E-state index in [-0.39, 0.29) is 16.7 Å². The van der Waals surface area contributed by atoms with Crippen molar-refractivity contribution in [3.63, 3.8) is 0 Å². The quantitative estimate of drug-likeness (QED) is 0.674. The van der Waals surface area contributed by atoms with Crippen molar-refractivity contribution in [2.45, 2.75) is 19.4 Å². The van der Waals surface area contributed by atoms with Crippen LogP contribution in [0.4, 0.5) is 5.69 Å². The van der Waals surface area contributed by atoms with E-state index in [0.29, 0.717) is 6.42 Å². The van der Waals surface area contributed by atoms with Crippen LogP contribution in [0.1, 0.15) is 29.7 Å². The molecule has 98 valence electrons. The molecule has 0 amide bonds. The number of non-ortho nitro benzene ring substituents is 1. The number of nitrogens with zero attached hydrogens (tertiary/aromatic N) is 1. The summed E-state index contributed by atoms with van der Waals surface area (Å²) >= 11 is 0. The zero-order chi connectivity index (χ0) is 13.8. The highest BCUT2D eigenvalue weighted by atomic mass is 16.6. The number of hydrogen-bond donors (Lipinski definition) is 1. The summed E-state index contributed by atoms with van der Waals surface area (Å²) in [6.07, 6.45) is 0.669. The third kappa shape index (κ3) is 3.39. The predicted molar refractivity (Wildman–Crippen MR) is 74.9 cm³/mol. The van der Waals surface area contributed by atoms with Gasteiger partial charge in [0.05, 0.1) is 4.92 Å².